The first-order valence-electron chi connectivity index (χ1n) is 15.5. The molecule has 0 aromatic heterocycles. The molecule has 0 bridgehead atoms. The normalized spacial score (nSPS) is 11.8. The van der Waals surface area contributed by atoms with E-state index in [2.05, 4.69) is 67.4 Å². The van der Waals surface area contributed by atoms with E-state index in [9.17, 15) is 0 Å². The molecule has 0 radical (unpaired) electrons. The maximum atomic E-state index is 5.51. The van der Waals surface area contributed by atoms with Gasteiger partial charge in [0.1, 0.15) is 5.76 Å². The van der Waals surface area contributed by atoms with Crippen LogP contribution in [0.15, 0.2) is 53.9 Å². The zero-order valence-electron chi connectivity index (χ0n) is 26.9. The van der Waals surface area contributed by atoms with E-state index in [1.54, 1.807) is 0 Å². The van der Waals surface area contributed by atoms with Crippen molar-refractivity contribution in [3.05, 3.63) is 59.9 Å². The average molecular weight is 546 g/mol. The molecule has 0 fully saturated rings. The number of oxime groups is 1. The Bertz CT molecular complexity index is 714. The topological polar surface area (TPSA) is 54.9 Å². The van der Waals surface area contributed by atoms with Gasteiger partial charge >= 0.3 is 0 Å². The smallest absolute Gasteiger partial charge is 0.141 e. The highest BCUT2D eigenvalue weighted by Crippen LogP contribution is 2.17. The van der Waals surface area contributed by atoms with Crippen LogP contribution in [0.4, 0.5) is 0 Å². The van der Waals surface area contributed by atoms with Crippen molar-refractivity contribution in [3.63, 3.8) is 0 Å². The van der Waals surface area contributed by atoms with E-state index in [4.69, 9.17) is 9.57 Å². The summed E-state index contributed by atoms with van der Waals surface area (Å²) in [4.78, 5) is 5.51. The fourth-order valence-electron chi connectivity index (χ4n) is 3.69. The van der Waals surface area contributed by atoms with Crippen molar-refractivity contribution in [2.45, 2.75) is 106 Å². The number of unbranched alkanes of at least 4 members (excludes halogenated alkanes) is 7. The number of hydrogen-bond donors (Lipinski definition) is 2. The van der Waals surface area contributed by atoms with Gasteiger partial charge in [0.2, 0.25) is 0 Å². The van der Waals surface area contributed by atoms with Crippen molar-refractivity contribution < 1.29 is 9.57 Å². The van der Waals surface area contributed by atoms with Gasteiger partial charge in [-0.05, 0) is 51.4 Å². The number of allylic oxidation sites excluding steroid dienone is 1. The van der Waals surface area contributed by atoms with Gasteiger partial charge in [-0.2, -0.15) is 0 Å². The van der Waals surface area contributed by atoms with Gasteiger partial charge in [0.15, 0.2) is 0 Å². The Kier molecular flexibility index (Phi) is 30.7. The second-order valence-corrected chi connectivity index (χ2v) is 9.62. The first-order valence-corrected chi connectivity index (χ1v) is 15.5. The fourth-order valence-corrected chi connectivity index (χ4v) is 3.69. The summed E-state index contributed by atoms with van der Waals surface area (Å²) in [6.07, 6.45) is 17.1. The molecular weight excluding hydrogens is 482 g/mol. The van der Waals surface area contributed by atoms with Crippen LogP contribution in [-0.2, 0) is 16.0 Å². The molecule has 0 heterocycles. The second-order valence-electron chi connectivity index (χ2n) is 9.62. The van der Waals surface area contributed by atoms with Gasteiger partial charge in [0, 0.05) is 12.5 Å². The molecule has 1 unspecified atom stereocenters. The molecule has 0 aliphatic carbocycles. The summed E-state index contributed by atoms with van der Waals surface area (Å²) in [5, 5.41) is 10.4. The molecule has 39 heavy (non-hydrogen) atoms. The van der Waals surface area contributed by atoms with Crippen molar-refractivity contribution in [3.8, 4) is 0 Å². The van der Waals surface area contributed by atoms with E-state index >= 15 is 0 Å². The zero-order valence-corrected chi connectivity index (χ0v) is 26.9. The molecule has 1 aromatic carbocycles. The molecule has 0 spiro atoms. The van der Waals surface area contributed by atoms with Crippen molar-refractivity contribution in [2.24, 2.45) is 11.1 Å². The number of hydrogen-bond acceptors (Lipinski definition) is 5. The van der Waals surface area contributed by atoms with Crippen LogP contribution in [-0.4, -0.2) is 46.1 Å². The lowest BCUT2D eigenvalue weighted by atomic mass is 9.95. The van der Waals surface area contributed by atoms with Crippen LogP contribution < -0.4 is 10.6 Å². The first-order chi connectivity index (χ1) is 19.0. The third kappa shape index (κ3) is 23.6. The minimum Gasteiger partial charge on any atom is -0.376 e. The maximum absolute atomic E-state index is 5.51. The number of likely N-dealkylation sites (N-methyl/N-ethyl adjacent to an activating group) is 2. The SMILES string of the molecule is C/C=C\COCCNC.C=C(CNC)O/N=C(/c1ccc(CCCCCCCCCC)cc1)C(C)CC.CC. The van der Waals surface area contributed by atoms with Crippen LogP contribution in [0.3, 0.4) is 0 Å². The van der Waals surface area contributed by atoms with Crippen molar-refractivity contribution in [1.82, 2.24) is 10.6 Å². The van der Waals surface area contributed by atoms with E-state index in [0.717, 1.165) is 37.5 Å². The Balaban J connectivity index is 0. The number of nitrogens with one attached hydrogen (secondary N) is 2. The van der Waals surface area contributed by atoms with Crippen LogP contribution in [0.1, 0.15) is 110 Å². The first kappa shape index (κ1) is 39.2. The molecule has 5 heteroatoms. The van der Waals surface area contributed by atoms with Gasteiger partial charge in [0.25, 0.3) is 0 Å². The highest BCUT2D eigenvalue weighted by Gasteiger charge is 2.13. The van der Waals surface area contributed by atoms with E-state index in [1.807, 2.05) is 47.0 Å². The second kappa shape index (κ2) is 30.6. The van der Waals surface area contributed by atoms with Crippen molar-refractivity contribution >= 4 is 5.71 Å². The van der Waals surface area contributed by atoms with Gasteiger partial charge < -0.3 is 20.2 Å². The predicted molar refractivity (Wildman–Crippen MR) is 174 cm³/mol. The largest absolute Gasteiger partial charge is 0.376 e. The van der Waals surface area contributed by atoms with Gasteiger partial charge in [0.05, 0.1) is 25.5 Å². The Hall–Kier alpha value is -1.95. The summed E-state index contributed by atoms with van der Waals surface area (Å²) < 4.78 is 5.17. The van der Waals surface area contributed by atoms with Crippen molar-refractivity contribution in [1.29, 1.82) is 0 Å². The lowest BCUT2D eigenvalue weighted by molar-refractivity contribution is 0.165. The third-order valence-electron chi connectivity index (χ3n) is 6.24. The predicted octanol–water partition coefficient (Wildman–Crippen LogP) is 8.69. The molecule has 1 atom stereocenters. The Morgan fingerprint density at radius 2 is 1.56 bits per heavy atom. The van der Waals surface area contributed by atoms with Gasteiger partial charge in [-0.15, -0.1) is 0 Å². The van der Waals surface area contributed by atoms with Gasteiger partial charge in [-0.3, -0.25) is 0 Å². The molecule has 0 aliphatic heterocycles. The Morgan fingerprint density at radius 3 is 2.10 bits per heavy atom. The van der Waals surface area contributed by atoms with Crippen LogP contribution in [0, 0.1) is 5.92 Å². The molecule has 0 saturated carbocycles. The number of ether oxygens (including phenoxy) is 1. The standard InChI is InChI=1S/C25H42N2O.C7H15NO.C2H6/c1-6-8-9-10-11-12-13-14-15-23-16-18-24(19-17-23)25(21(3)7-2)27-28-22(4)20-26-5;1-3-4-6-9-7-5-8-2;1-2/h16-19,21,26H,4,6-15,20H2,1-3,5H3;3-4,8H,5-7H2,1-2H3;1-2H3/b27-25+;4-3-;. The fraction of sp³-hybridized carbons (Fsp3) is 0.676. The van der Waals surface area contributed by atoms with Crippen LogP contribution in [0.5, 0.6) is 0 Å². The lowest BCUT2D eigenvalue weighted by Crippen LogP contribution is -2.15. The van der Waals surface area contributed by atoms with Crippen LogP contribution in [0.25, 0.3) is 0 Å². The molecular formula is C34H63N3O2. The highest BCUT2D eigenvalue weighted by molar-refractivity contribution is 6.01. The molecule has 226 valence electrons. The number of rotatable bonds is 21. The summed E-state index contributed by atoms with van der Waals surface area (Å²) in [5.41, 5.74) is 3.56. The van der Waals surface area contributed by atoms with Crippen LogP contribution >= 0.6 is 0 Å². The Labute approximate surface area is 242 Å². The number of benzene rings is 1. The van der Waals surface area contributed by atoms with Crippen molar-refractivity contribution in [2.75, 3.05) is 40.4 Å². The summed E-state index contributed by atoms with van der Waals surface area (Å²) in [7, 11) is 3.79. The maximum Gasteiger partial charge on any atom is 0.141 e. The Morgan fingerprint density at radius 1 is 0.949 bits per heavy atom. The molecule has 2 N–H and O–H groups in total. The quantitative estimate of drug-likeness (QED) is 0.0533. The minimum absolute atomic E-state index is 0.348. The summed E-state index contributed by atoms with van der Waals surface area (Å²) in [6, 6.07) is 8.87. The summed E-state index contributed by atoms with van der Waals surface area (Å²) >= 11 is 0. The number of nitrogens with zero attached hydrogens (tertiary/aromatic N) is 1. The minimum atomic E-state index is 0.348. The van der Waals surface area contributed by atoms with Gasteiger partial charge in [-0.25, -0.2) is 0 Å². The molecule has 0 amide bonds. The molecule has 1 rings (SSSR count). The summed E-state index contributed by atoms with van der Waals surface area (Å²) in [5.74, 6) is 0.982. The summed E-state index contributed by atoms with van der Waals surface area (Å²) in [6.45, 7) is 19.6. The van der Waals surface area contributed by atoms with E-state index in [-0.39, 0.29) is 0 Å². The third-order valence-corrected chi connectivity index (χ3v) is 6.24. The average Bonchev–Trinajstić information content (AvgIpc) is 2.96. The van der Waals surface area contributed by atoms with E-state index in [0.29, 0.717) is 18.2 Å². The lowest BCUT2D eigenvalue weighted by Gasteiger charge is -2.14. The zero-order chi connectivity index (χ0) is 29.6. The molecule has 5 nitrogen and oxygen atoms in total. The van der Waals surface area contributed by atoms with Gasteiger partial charge in [-0.1, -0.05) is 128 Å². The van der Waals surface area contributed by atoms with E-state index < -0.39 is 0 Å². The highest BCUT2D eigenvalue weighted by atomic mass is 16.6. The van der Waals surface area contributed by atoms with Crippen LogP contribution in [0.2, 0.25) is 0 Å². The van der Waals surface area contributed by atoms with E-state index in [1.165, 1.54) is 63.4 Å². The monoisotopic (exact) mass is 545 g/mol. The number of aryl methyl sites for hydroxylation is 1. The molecule has 0 saturated heterocycles. The molecule has 0 aliphatic rings. The molecule has 1 aromatic rings.